The highest BCUT2D eigenvalue weighted by Gasteiger charge is 2.28. The molecular formula is C24H26N2O5. The van der Waals surface area contributed by atoms with E-state index in [4.69, 9.17) is 9.47 Å². The minimum Gasteiger partial charge on any atom is -0.454 e. The van der Waals surface area contributed by atoms with Gasteiger partial charge in [-0.2, -0.15) is 0 Å². The number of piperidine rings is 1. The van der Waals surface area contributed by atoms with E-state index in [0.717, 1.165) is 16.7 Å². The number of nitrogens with zero attached hydrogens (tertiary/aromatic N) is 1. The largest absolute Gasteiger partial charge is 0.454 e. The number of likely N-dealkylation sites (tertiary alicyclic amines) is 1. The van der Waals surface area contributed by atoms with Gasteiger partial charge < -0.3 is 19.7 Å². The van der Waals surface area contributed by atoms with Crippen molar-refractivity contribution in [3.8, 4) is 11.5 Å². The Labute approximate surface area is 181 Å². The molecular weight excluding hydrogens is 396 g/mol. The number of amides is 2. The Morgan fingerprint density at radius 3 is 2.48 bits per heavy atom. The fourth-order valence-electron chi connectivity index (χ4n) is 4.11. The van der Waals surface area contributed by atoms with Crippen LogP contribution in [0.4, 0.5) is 0 Å². The third-order valence-corrected chi connectivity index (χ3v) is 5.90. The first-order valence-corrected chi connectivity index (χ1v) is 10.5. The van der Waals surface area contributed by atoms with E-state index in [1.165, 1.54) is 0 Å². The third-order valence-electron chi connectivity index (χ3n) is 5.90. The zero-order valence-electron chi connectivity index (χ0n) is 17.8. The second kappa shape index (κ2) is 8.79. The molecule has 31 heavy (non-hydrogen) atoms. The van der Waals surface area contributed by atoms with Crippen LogP contribution in [0.3, 0.4) is 0 Å². The standard InChI is InChI=1S/C24H26N2O5/c1-15-3-5-19(16(2)11-15)23(28)17-7-9-26(10-8-17)22(27)13-25-24(29)18-4-6-20-21(12-18)31-14-30-20/h3-6,11-12,17H,7-10,13-14H2,1-2H3,(H,25,29). The Hall–Kier alpha value is -3.35. The Morgan fingerprint density at radius 1 is 1.00 bits per heavy atom. The molecule has 0 saturated carbocycles. The van der Waals surface area contributed by atoms with Gasteiger partial charge >= 0.3 is 0 Å². The molecule has 162 valence electrons. The zero-order chi connectivity index (χ0) is 22.0. The van der Waals surface area contributed by atoms with Gasteiger partial charge in [0.05, 0.1) is 6.54 Å². The molecule has 0 unspecified atom stereocenters. The van der Waals surface area contributed by atoms with Crippen molar-refractivity contribution in [2.45, 2.75) is 26.7 Å². The molecule has 0 spiro atoms. The van der Waals surface area contributed by atoms with Crippen LogP contribution in [0.1, 0.15) is 44.7 Å². The first kappa shape index (κ1) is 20.9. The Bertz CT molecular complexity index is 1020. The van der Waals surface area contributed by atoms with Gasteiger partial charge in [0.1, 0.15) is 0 Å². The number of ketones is 1. The lowest BCUT2D eigenvalue weighted by Gasteiger charge is -2.31. The summed E-state index contributed by atoms with van der Waals surface area (Å²) in [6, 6.07) is 10.8. The maximum atomic E-state index is 12.9. The van der Waals surface area contributed by atoms with Crippen LogP contribution in [0, 0.1) is 19.8 Å². The molecule has 0 atom stereocenters. The average molecular weight is 422 g/mol. The first-order valence-electron chi connectivity index (χ1n) is 10.5. The van der Waals surface area contributed by atoms with Gasteiger partial charge in [0.25, 0.3) is 5.91 Å². The molecule has 7 nitrogen and oxygen atoms in total. The van der Waals surface area contributed by atoms with Crippen LogP contribution in [0.25, 0.3) is 0 Å². The molecule has 4 rings (SSSR count). The van der Waals surface area contributed by atoms with Crippen LogP contribution in [0.15, 0.2) is 36.4 Å². The fraction of sp³-hybridized carbons (Fsp3) is 0.375. The number of benzene rings is 2. The van der Waals surface area contributed by atoms with E-state index in [0.29, 0.717) is 43.0 Å². The smallest absolute Gasteiger partial charge is 0.251 e. The van der Waals surface area contributed by atoms with E-state index in [1.807, 2.05) is 32.0 Å². The maximum absolute atomic E-state index is 12.9. The molecule has 0 bridgehead atoms. The lowest BCUT2D eigenvalue weighted by Crippen LogP contribution is -2.45. The van der Waals surface area contributed by atoms with E-state index in [-0.39, 0.29) is 36.9 Å². The van der Waals surface area contributed by atoms with Crippen molar-refractivity contribution >= 4 is 17.6 Å². The molecule has 0 radical (unpaired) electrons. The van der Waals surface area contributed by atoms with Gasteiger partial charge in [0, 0.05) is 30.1 Å². The van der Waals surface area contributed by atoms with Crippen LogP contribution >= 0.6 is 0 Å². The molecule has 0 aliphatic carbocycles. The van der Waals surface area contributed by atoms with Gasteiger partial charge in [0.2, 0.25) is 12.7 Å². The topological polar surface area (TPSA) is 84.9 Å². The number of Topliss-reactive ketones (excluding diaryl/α,β-unsaturated/α-hetero) is 1. The summed E-state index contributed by atoms with van der Waals surface area (Å²) in [6.45, 7) is 5.06. The highest BCUT2D eigenvalue weighted by molar-refractivity contribution is 5.99. The third kappa shape index (κ3) is 4.55. The Morgan fingerprint density at radius 2 is 1.74 bits per heavy atom. The van der Waals surface area contributed by atoms with Crippen molar-refractivity contribution < 1.29 is 23.9 Å². The van der Waals surface area contributed by atoms with Gasteiger partial charge in [-0.25, -0.2) is 0 Å². The summed E-state index contributed by atoms with van der Waals surface area (Å²) in [7, 11) is 0. The molecule has 2 amide bonds. The predicted molar refractivity (Wildman–Crippen MR) is 114 cm³/mol. The van der Waals surface area contributed by atoms with Crippen LogP contribution in [-0.2, 0) is 4.79 Å². The van der Waals surface area contributed by atoms with Gasteiger partial charge in [0.15, 0.2) is 17.3 Å². The molecule has 2 aromatic carbocycles. The van der Waals surface area contributed by atoms with Crippen molar-refractivity contribution in [1.29, 1.82) is 0 Å². The molecule has 2 aromatic rings. The molecule has 2 heterocycles. The SMILES string of the molecule is Cc1ccc(C(=O)C2CCN(C(=O)CNC(=O)c3ccc4c(c3)OCO4)CC2)c(C)c1. The number of rotatable bonds is 5. The molecule has 1 saturated heterocycles. The Kier molecular flexibility index (Phi) is 5.93. The number of ether oxygens (including phenoxy) is 2. The van der Waals surface area contributed by atoms with Crippen molar-refractivity contribution in [3.05, 3.63) is 58.7 Å². The summed E-state index contributed by atoms with van der Waals surface area (Å²) in [5, 5.41) is 2.67. The summed E-state index contributed by atoms with van der Waals surface area (Å²) in [5.41, 5.74) is 3.31. The van der Waals surface area contributed by atoms with Crippen LogP contribution in [0.5, 0.6) is 11.5 Å². The van der Waals surface area contributed by atoms with E-state index < -0.39 is 0 Å². The second-order valence-electron chi connectivity index (χ2n) is 8.09. The minimum atomic E-state index is -0.341. The number of hydrogen-bond donors (Lipinski definition) is 1. The summed E-state index contributed by atoms with van der Waals surface area (Å²) >= 11 is 0. The molecule has 1 fully saturated rings. The van der Waals surface area contributed by atoms with Gasteiger partial charge in [-0.1, -0.05) is 23.8 Å². The lowest BCUT2D eigenvalue weighted by molar-refractivity contribution is -0.131. The summed E-state index contributed by atoms with van der Waals surface area (Å²) in [4.78, 5) is 39.5. The molecule has 2 aliphatic rings. The van der Waals surface area contributed by atoms with E-state index >= 15 is 0 Å². The summed E-state index contributed by atoms with van der Waals surface area (Å²) in [6.07, 6.45) is 1.27. The highest BCUT2D eigenvalue weighted by Crippen LogP contribution is 2.32. The predicted octanol–water partition coefficient (Wildman–Crippen LogP) is 2.88. The molecule has 0 aromatic heterocycles. The van der Waals surface area contributed by atoms with Crippen molar-refractivity contribution in [3.63, 3.8) is 0 Å². The molecule has 1 N–H and O–H groups in total. The Balaban J connectivity index is 1.27. The van der Waals surface area contributed by atoms with Gasteiger partial charge in [-0.15, -0.1) is 0 Å². The van der Waals surface area contributed by atoms with Crippen LogP contribution < -0.4 is 14.8 Å². The lowest BCUT2D eigenvalue weighted by atomic mass is 9.87. The first-order chi connectivity index (χ1) is 14.9. The van der Waals surface area contributed by atoms with Crippen molar-refractivity contribution in [2.24, 2.45) is 5.92 Å². The van der Waals surface area contributed by atoms with Gasteiger partial charge in [-0.05, 0) is 50.5 Å². The van der Waals surface area contributed by atoms with Gasteiger partial charge in [-0.3, -0.25) is 14.4 Å². The number of hydrogen-bond acceptors (Lipinski definition) is 5. The van der Waals surface area contributed by atoms with Crippen LogP contribution in [-0.4, -0.2) is 48.9 Å². The summed E-state index contributed by atoms with van der Waals surface area (Å²) in [5.74, 6) is 0.716. The average Bonchev–Trinajstić information content (AvgIpc) is 3.25. The van der Waals surface area contributed by atoms with Crippen molar-refractivity contribution in [2.75, 3.05) is 26.4 Å². The fourth-order valence-corrected chi connectivity index (χ4v) is 4.11. The quantitative estimate of drug-likeness (QED) is 0.749. The second-order valence-corrected chi connectivity index (χ2v) is 8.09. The van der Waals surface area contributed by atoms with E-state index in [9.17, 15) is 14.4 Å². The van der Waals surface area contributed by atoms with E-state index in [2.05, 4.69) is 5.32 Å². The van der Waals surface area contributed by atoms with Crippen LogP contribution in [0.2, 0.25) is 0 Å². The molecule has 7 heteroatoms. The number of aryl methyl sites for hydroxylation is 2. The number of carbonyl (C=O) groups excluding carboxylic acids is 3. The number of fused-ring (bicyclic) bond motifs is 1. The number of nitrogens with one attached hydrogen (secondary N) is 1. The highest BCUT2D eigenvalue weighted by atomic mass is 16.7. The zero-order valence-corrected chi connectivity index (χ0v) is 17.8. The van der Waals surface area contributed by atoms with Crippen molar-refractivity contribution in [1.82, 2.24) is 10.2 Å². The normalized spacial score (nSPS) is 15.6. The summed E-state index contributed by atoms with van der Waals surface area (Å²) < 4.78 is 10.5. The van der Waals surface area contributed by atoms with E-state index in [1.54, 1.807) is 23.1 Å². The number of carbonyl (C=O) groups is 3. The maximum Gasteiger partial charge on any atom is 0.251 e. The molecule has 2 aliphatic heterocycles. The minimum absolute atomic E-state index is 0.0753. The monoisotopic (exact) mass is 422 g/mol.